The largest absolute Gasteiger partial charge is 0.481 e. The summed E-state index contributed by atoms with van der Waals surface area (Å²) in [5.74, 6) is -0.891. The Kier molecular flexibility index (Phi) is 2.88. The van der Waals surface area contributed by atoms with Gasteiger partial charge in [-0.05, 0) is 0 Å². The molecule has 0 aromatic carbocycles. The maximum atomic E-state index is 9.84. The third kappa shape index (κ3) is 3.36. The van der Waals surface area contributed by atoms with E-state index in [1.165, 1.54) is 6.08 Å². The van der Waals surface area contributed by atoms with Crippen LogP contribution in [0.15, 0.2) is 12.7 Å². The minimum Gasteiger partial charge on any atom is -0.481 e. The van der Waals surface area contributed by atoms with E-state index in [1.54, 1.807) is 0 Å². The van der Waals surface area contributed by atoms with Gasteiger partial charge < -0.3 is 10.8 Å². The predicted molar refractivity (Wildman–Crippen MR) is 30.4 cm³/mol. The molecule has 0 saturated carbocycles. The molecule has 3 N–H and O–H groups in total. The van der Waals surface area contributed by atoms with Crippen molar-refractivity contribution >= 4 is 5.97 Å². The van der Waals surface area contributed by atoms with Gasteiger partial charge in [-0.25, -0.2) is 0 Å². The van der Waals surface area contributed by atoms with E-state index in [4.69, 9.17) is 10.8 Å². The van der Waals surface area contributed by atoms with E-state index in [0.717, 1.165) is 0 Å². The van der Waals surface area contributed by atoms with Crippen molar-refractivity contribution in [3.8, 4) is 0 Å². The molecule has 0 rings (SSSR count). The zero-order valence-corrected chi connectivity index (χ0v) is 4.50. The molecular formula is C5H9NO2. The van der Waals surface area contributed by atoms with Crippen molar-refractivity contribution in [1.29, 1.82) is 0 Å². The van der Waals surface area contributed by atoms with Gasteiger partial charge in [-0.2, -0.15) is 0 Å². The van der Waals surface area contributed by atoms with Gasteiger partial charge in [0.2, 0.25) is 0 Å². The highest BCUT2D eigenvalue weighted by atomic mass is 16.4. The van der Waals surface area contributed by atoms with Crippen LogP contribution in [0, 0.1) is 0 Å². The first-order valence-corrected chi connectivity index (χ1v) is 2.26. The van der Waals surface area contributed by atoms with E-state index < -0.39 is 12.0 Å². The smallest absolute Gasteiger partial charge is 0.305 e. The molecule has 3 heteroatoms. The highest BCUT2D eigenvalue weighted by Gasteiger charge is 2.00. The van der Waals surface area contributed by atoms with Crippen molar-refractivity contribution in [2.75, 3.05) is 0 Å². The first-order valence-electron chi connectivity index (χ1n) is 2.26. The minimum absolute atomic E-state index is 0.0382. The van der Waals surface area contributed by atoms with Crippen LogP contribution in [-0.2, 0) is 4.79 Å². The van der Waals surface area contributed by atoms with Crippen LogP contribution in [0.5, 0.6) is 0 Å². The van der Waals surface area contributed by atoms with Crippen LogP contribution in [-0.4, -0.2) is 17.1 Å². The van der Waals surface area contributed by atoms with Gasteiger partial charge in [0.25, 0.3) is 0 Å². The van der Waals surface area contributed by atoms with Crippen LogP contribution in [0.4, 0.5) is 0 Å². The molecule has 46 valence electrons. The maximum absolute atomic E-state index is 9.84. The van der Waals surface area contributed by atoms with E-state index in [1.807, 2.05) is 0 Å². The highest BCUT2D eigenvalue weighted by Crippen LogP contribution is 1.86. The van der Waals surface area contributed by atoms with Gasteiger partial charge in [0.1, 0.15) is 0 Å². The molecule has 0 aromatic heterocycles. The van der Waals surface area contributed by atoms with Crippen molar-refractivity contribution in [1.82, 2.24) is 0 Å². The number of hydrogen-bond acceptors (Lipinski definition) is 2. The van der Waals surface area contributed by atoms with Gasteiger partial charge in [-0.15, -0.1) is 6.58 Å². The van der Waals surface area contributed by atoms with E-state index in [2.05, 4.69) is 6.58 Å². The summed E-state index contributed by atoms with van der Waals surface area (Å²) in [6.07, 6.45) is 1.37. The SMILES string of the molecule is C=C[C@H](N)CC(=O)O. The molecule has 3 nitrogen and oxygen atoms in total. The van der Waals surface area contributed by atoms with E-state index in [-0.39, 0.29) is 6.42 Å². The lowest BCUT2D eigenvalue weighted by Gasteiger charge is -1.97. The molecule has 0 bridgehead atoms. The molecule has 0 fully saturated rings. The number of hydrogen-bond donors (Lipinski definition) is 2. The molecule has 0 amide bonds. The maximum Gasteiger partial charge on any atom is 0.305 e. The van der Waals surface area contributed by atoms with Crippen LogP contribution in [0.1, 0.15) is 6.42 Å². The first-order chi connectivity index (χ1) is 3.66. The quantitative estimate of drug-likeness (QED) is 0.508. The van der Waals surface area contributed by atoms with Gasteiger partial charge in [0.05, 0.1) is 6.42 Å². The van der Waals surface area contributed by atoms with Crippen molar-refractivity contribution in [2.45, 2.75) is 12.5 Å². The second kappa shape index (κ2) is 3.21. The summed E-state index contributed by atoms with van der Waals surface area (Å²) >= 11 is 0. The predicted octanol–water partition coefficient (Wildman–Crippen LogP) is -0.0256. The van der Waals surface area contributed by atoms with Crippen molar-refractivity contribution in [3.63, 3.8) is 0 Å². The number of aliphatic carboxylic acids is 1. The molecule has 0 saturated heterocycles. The Labute approximate surface area is 47.8 Å². The Balaban J connectivity index is 3.38. The number of carbonyl (C=O) groups is 1. The number of carboxylic acids is 1. The summed E-state index contributed by atoms with van der Waals surface area (Å²) in [6.45, 7) is 3.33. The fourth-order valence-corrected chi connectivity index (χ4v) is 0.285. The van der Waals surface area contributed by atoms with Gasteiger partial charge in [0, 0.05) is 6.04 Å². The second-order valence-corrected chi connectivity index (χ2v) is 1.50. The Hall–Kier alpha value is -0.830. The Morgan fingerprint density at radius 1 is 2.00 bits per heavy atom. The molecule has 1 atom stereocenters. The molecule has 0 spiro atoms. The molecule has 0 aliphatic rings. The highest BCUT2D eigenvalue weighted by molar-refractivity contribution is 5.67. The van der Waals surface area contributed by atoms with Crippen LogP contribution < -0.4 is 5.73 Å². The fraction of sp³-hybridized carbons (Fsp3) is 0.400. The van der Waals surface area contributed by atoms with Crippen molar-refractivity contribution in [2.24, 2.45) is 5.73 Å². The topological polar surface area (TPSA) is 63.3 Å². The normalized spacial score (nSPS) is 12.6. The summed E-state index contributed by atoms with van der Waals surface area (Å²) in [7, 11) is 0. The van der Waals surface area contributed by atoms with Gasteiger partial charge >= 0.3 is 5.97 Å². The van der Waals surface area contributed by atoms with Crippen molar-refractivity contribution in [3.05, 3.63) is 12.7 Å². The lowest BCUT2D eigenvalue weighted by Crippen LogP contribution is -2.20. The molecular weight excluding hydrogens is 106 g/mol. The van der Waals surface area contributed by atoms with Gasteiger partial charge in [-0.3, -0.25) is 4.79 Å². The molecule has 0 aliphatic heterocycles. The third-order valence-electron chi connectivity index (χ3n) is 0.713. The number of nitrogens with two attached hydrogens (primary N) is 1. The molecule has 8 heavy (non-hydrogen) atoms. The van der Waals surface area contributed by atoms with Gasteiger partial charge in [0.15, 0.2) is 0 Å². The Bertz CT molecular complexity index is 101. The van der Waals surface area contributed by atoms with Crippen molar-refractivity contribution < 1.29 is 9.90 Å². The molecule has 0 unspecified atom stereocenters. The van der Waals surface area contributed by atoms with Crippen LogP contribution in [0.3, 0.4) is 0 Å². The van der Waals surface area contributed by atoms with Crippen LogP contribution >= 0.6 is 0 Å². The fourth-order valence-electron chi connectivity index (χ4n) is 0.285. The van der Waals surface area contributed by atoms with Gasteiger partial charge in [-0.1, -0.05) is 6.08 Å². The lowest BCUT2D eigenvalue weighted by atomic mass is 10.2. The number of carboxylic acid groups (broad SMARTS) is 1. The second-order valence-electron chi connectivity index (χ2n) is 1.50. The number of rotatable bonds is 3. The molecule has 0 heterocycles. The average molecular weight is 115 g/mol. The average Bonchev–Trinajstić information content (AvgIpc) is 1.65. The molecule has 0 aliphatic carbocycles. The summed E-state index contributed by atoms with van der Waals surface area (Å²) in [6, 6.07) is -0.410. The van der Waals surface area contributed by atoms with Crippen LogP contribution in [0.2, 0.25) is 0 Å². The Morgan fingerprint density at radius 3 is 2.62 bits per heavy atom. The monoisotopic (exact) mass is 115 g/mol. The van der Waals surface area contributed by atoms with E-state index >= 15 is 0 Å². The van der Waals surface area contributed by atoms with E-state index in [9.17, 15) is 4.79 Å². The zero-order chi connectivity index (χ0) is 6.57. The third-order valence-corrected chi connectivity index (χ3v) is 0.713. The summed E-state index contributed by atoms with van der Waals surface area (Å²) < 4.78 is 0. The zero-order valence-electron chi connectivity index (χ0n) is 4.50. The molecule has 0 aromatic rings. The summed E-state index contributed by atoms with van der Waals surface area (Å²) in [4.78, 5) is 9.84. The standard InChI is InChI=1S/C5H9NO2/c1-2-4(6)3-5(7)8/h2,4H,1,3,6H2,(H,7,8)/t4-/m0/s1. The summed E-state index contributed by atoms with van der Waals surface area (Å²) in [5.41, 5.74) is 5.18. The lowest BCUT2D eigenvalue weighted by molar-refractivity contribution is -0.137. The van der Waals surface area contributed by atoms with E-state index in [0.29, 0.717) is 0 Å². The first kappa shape index (κ1) is 7.17. The Morgan fingerprint density at radius 2 is 2.50 bits per heavy atom. The summed E-state index contributed by atoms with van der Waals surface area (Å²) in [5, 5.41) is 8.09. The minimum atomic E-state index is -0.891. The van der Waals surface area contributed by atoms with Crippen LogP contribution in [0.25, 0.3) is 0 Å². The molecule has 0 radical (unpaired) electrons.